The fraction of sp³-hybridized carbons (Fsp3) is 0.562. The molecule has 0 aliphatic heterocycles. The summed E-state index contributed by atoms with van der Waals surface area (Å²) in [6.07, 6.45) is 1.71. The number of nitrogens with two attached hydrogens (primary N) is 1. The van der Waals surface area contributed by atoms with E-state index in [1.807, 2.05) is 0 Å². The molecule has 0 aromatic heterocycles. The van der Waals surface area contributed by atoms with E-state index < -0.39 is 6.10 Å². The third kappa shape index (κ3) is 5.63. The van der Waals surface area contributed by atoms with Crippen LogP contribution in [0, 0.1) is 5.92 Å². The van der Waals surface area contributed by atoms with E-state index in [0.717, 1.165) is 12.8 Å². The van der Waals surface area contributed by atoms with Gasteiger partial charge in [0.1, 0.15) is 11.9 Å². The number of rotatable bonds is 8. The Labute approximate surface area is 126 Å². The minimum Gasteiger partial charge on any atom is -0.497 e. The highest BCUT2D eigenvalue weighted by atomic mass is 16.5. The quantitative estimate of drug-likeness (QED) is 0.723. The molecule has 0 spiro atoms. The lowest BCUT2D eigenvalue weighted by atomic mass is 10.1. The smallest absolute Gasteiger partial charge is 0.253 e. The van der Waals surface area contributed by atoms with Gasteiger partial charge in [-0.05, 0) is 31.4 Å². The first kappa shape index (κ1) is 17.3. The average molecular weight is 294 g/mol. The molecule has 3 N–H and O–H groups in total. The number of anilines is 2. The van der Waals surface area contributed by atoms with E-state index in [2.05, 4.69) is 19.2 Å². The van der Waals surface area contributed by atoms with E-state index in [0.29, 0.717) is 29.6 Å². The van der Waals surface area contributed by atoms with Crippen molar-refractivity contribution in [3.05, 3.63) is 18.2 Å². The maximum absolute atomic E-state index is 12.1. The van der Waals surface area contributed by atoms with Crippen molar-refractivity contribution in [2.24, 2.45) is 5.92 Å². The molecule has 0 saturated heterocycles. The number of amides is 1. The highest BCUT2D eigenvalue weighted by molar-refractivity contribution is 5.96. The van der Waals surface area contributed by atoms with Crippen molar-refractivity contribution in [2.45, 2.75) is 39.7 Å². The number of methoxy groups -OCH3 is 1. The fourth-order valence-corrected chi connectivity index (χ4v) is 1.98. The van der Waals surface area contributed by atoms with Crippen LogP contribution in [0.25, 0.3) is 0 Å². The molecule has 1 aromatic rings. The summed E-state index contributed by atoms with van der Waals surface area (Å²) in [7, 11) is 1.57. The van der Waals surface area contributed by atoms with Gasteiger partial charge in [-0.15, -0.1) is 0 Å². The second-order valence-electron chi connectivity index (χ2n) is 5.31. The van der Waals surface area contributed by atoms with Gasteiger partial charge in [0.2, 0.25) is 0 Å². The topological polar surface area (TPSA) is 73.6 Å². The summed E-state index contributed by atoms with van der Waals surface area (Å²) in [6.45, 7) is 6.59. The molecule has 0 heterocycles. The molecular formula is C16H26N2O3. The van der Waals surface area contributed by atoms with Crippen LogP contribution >= 0.6 is 0 Å². The molecule has 0 aliphatic rings. The van der Waals surface area contributed by atoms with E-state index in [1.165, 1.54) is 0 Å². The van der Waals surface area contributed by atoms with Gasteiger partial charge in [-0.2, -0.15) is 0 Å². The van der Waals surface area contributed by atoms with Gasteiger partial charge in [0.25, 0.3) is 5.91 Å². The van der Waals surface area contributed by atoms with Crippen molar-refractivity contribution in [2.75, 3.05) is 24.8 Å². The molecule has 118 valence electrons. The molecular weight excluding hydrogens is 268 g/mol. The number of nitrogen functional groups attached to an aromatic ring is 1. The number of ether oxygens (including phenoxy) is 2. The van der Waals surface area contributed by atoms with Gasteiger partial charge in [-0.3, -0.25) is 4.79 Å². The first-order chi connectivity index (χ1) is 9.97. The van der Waals surface area contributed by atoms with Crippen LogP contribution in [0.15, 0.2) is 18.2 Å². The van der Waals surface area contributed by atoms with Crippen molar-refractivity contribution in [1.82, 2.24) is 0 Å². The SMILES string of the molecule is CCCC(C)COC(C)C(=O)Nc1ccc(OC)cc1N. The van der Waals surface area contributed by atoms with E-state index in [1.54, 1.807) is 32.2 Å². The fourth-order valence-electron chi connectivity index (χ4n) is 1.98. The Balaban J connectivity index is 2.52. The highest BCUT2D eigenvalue weighted by Gasteiger charge is 2.16. The summed E-state index contributed by atoms with van der Waals surface area (Å²) in [6, 6.07) is 5.14. The minimum atomic E-state index is -0.509. The summed E-state index contributed by atoms with van der Waals surface area (Å²) < 4.78 is 10.7. The van der Waals surface area contributed by atoms with Gasteiger partial charge in [-0.25, -0.2) is 0 Å². The van der Waals surface area contributed by atoms with Crippen molar-refractivity contribution in [3.8, 4) is 5.75 Å². The van der Waals surface area contributed by atoms with Crippen molar-refractivity contribution >= 4 is 17.3 Å². The Kier molecular flexibility index (Phi) is 7.02. The number of carbonyl (C=O) groups excluding carboxylic acids is 1. The molecule has 2 atom stereocenters. The van der Waals surface area contributed by atoms with Crippen LogP contribution in [0.3, 0.4) is 0 Å². The largest absolute Gasteiger partial charge is 0.497 e. The zero-order valence-corrected chi connectivity index (χ0v) is 13.3. The molecule has 0 radical (unpaired) electrons. The van der Waals surface area contributed by atoms with Crippen LogP contribution in [0.4, 0.5) is 11.4 Å². The number of hydrogen-bond donors (Lipinski definition) is 2. The number of carbonyl (C=O) groups is 1. The normalized spacial score (nSPS) is 13.5. The van der Waals surface area contributed by atoms with Gasteiger partial charge < -0.3 is 20.5 Å². The molecule has 5 nitrogen and oxygen atoms in total. The van der Waals surface area contributed by atoms with Crippen LogP contribution < -0.4 is 15.8 Å². The third-order valence-electron chi connectivity index (χ3n) is 3.30. The summed E-state index contributed by atoms with van der Waals surface area (Å²) in [5.74, 6) is 0.912. The van der Waals surface area contributed by atoms with Crippen LogP contribution in [0.1, 0.15) is 33.6 Å². The lowest BCUT2D eigenvalue weighted by molar-refractivity contribution is -0.127. The van der Waals surface area contributed by atoms with Crippen LogP contribution in [0.2, 0.25) is 0 Å². The van der Waals surface area contributed by atoms with E-state index >= 15 is 0 Å². The second-order valence-corrected chi connectivity index (χ2v) is 5.31. The lowest BCUT2D eigenvalue weighted by Crippen LogP contribution is -2.29. The Morgan fingerprint density at radius 1 is 1.38 bits per heavy atom. The average Bonchev–Trinajstić information content (AvgIpc) is 2.47. The monoisotopic (exact) mass is 294 g/mol. The van der Waals surface area contributed by atoms with Gasteiger partial charge in [0.05, 0.1) is 25.1 Å². The minimum absolute atomic E-state index is 0.199. The predicted molar refractivity (Wildman–Crippen MR) is 85.5 cm³/mol. The molecule has 1 aromatic carbocycles. The van der Waals surface area contributed by atoms with Crippen LogP contribution in [-0.2, 0) is 9.53 Å². The Morgan fingerprint density at radius 2 is 2.10 bits per heavy atom. The van der Waals surface area contributed by atoms with Gasteiger partial charge >= 0.3 is 0 Å². The first-order valence-corrected chi connectivity index (χ1v) is 7.33. The van der Waals surface area contributed by atoms with E-state index in [-0.39, 0.29) is 5.91 Å². The van der Waals surface area contributed by atoms with Crippen molar-refractivity contribution in [3.63, 3.8) is 0 Å². The molecule has 1 amide bonds. The molecule has 0 bridgehead atoms. The summed E-state index contributed by atoms with van der Waals surface area (Å²) in [5, 5.41) is 2.77. The molecule has 5 heteroatoms. The van der Waals surface area contributed by atoms with Gasteiger partial charge in [0.15, 0.2) is 0 Å². The maximum atomic E-state index is 12.1. The molecule has 0 aliphatic carbocycles. The first-order valence-electron chi connectivity index (χ1n) is 7.33. The van der Waals surface area contributed by atoms with Gasteiger partial charge in [0, 0.05) is 6.07 Å². The van der Waals surface area contributed by atoms with Crippen molar-refractivity contribution in [1.29, 1.82) is 0 Å². The molecule has 21 heavy (non-hydrogen) atoms. The van der Waals surface area contributed by atoms with E-state index in [4.69, 9.17) is 15.2 Å². The highest BCUT2D eigenvalue weighted by Crippen LogP contribution is 2.24. The predicted octanol–water partition coefficient (Wildman–Crippen LogP) is 3.06. The molecule has 2 unspecified atom stereocenters. The summed E-state index contributed by atoms with van der Waals surface area (Å²) >= 11 is 0. The summed E-state index contributed by atoms with van der Waals surface area (Å²) in [4.78, 5) is 12.1. The maximum Gasteiger partial charge on any atom is 0.253 e. The van der Waals surface area contributed by atoms with Gasteiger partial charge in [-0.1, -0.05) is 20.3 Å². The number of nitrogens with one attached hydrogen (secondary N) is 1. The Bertz CT molecular complexity index is 463. The van der Waals surface area contributed by atoms with E-state index in [9.17, 15) is 4.79 Å². The second kappa shape index (κ2) is 8.52. The molecule has 1 rings (SSSR count). The zero-order valence-electron chi connectivity index (χ0n) is 13.3. The Morgan fingerprint density at radius 3 is 2.67 bits per heavy atom. The number of benzene rings is 1. The lowest BCUT2D eigenvalue weighted by Gasteiger charge is -2.17. The summed E-state index contributed by atoms with van der Waals surface area (Å²) in [5.41, 5.74) is 6.91. The molecule has 0 saturated carbocycles. The molecule has 0 fully saturated rings. The standard InChI is InChI=1S/C16H26N2O3/c1-5-6-11(2)10-21-12(3)16(19)18-15-8-7-13(20-4)9-14(15)17/h7-9,11-12H,5-6,10,17H2,1-4H3,(H,18,19). The van der Waals surface area contributed by atoms with Crippen molar-refractivity contribution < 1.29 is 14.3 Å². The number of hydrogen-bond acceptors (Lipinski definition) is 4. The zero-order chi connectivity index (χ0) is 15.8. The Hall–Kier alpha value is -1.75. The van der Waals surface area contributed by atoms with Crippen LogP contribution in [0.5, 0.6) is 5.75 Å². The third-order valence-corrected chi connectivity index (χ3v) is 3.30. The van der Waals surface area contributed by atoms with Crippen LogP contribution in [-0.4, -0.2) is 25.7 Å².